The van der Waals surface area contributed by atoms with Gasteiger partial charge >= 0.3 is 0 Å². The summed E-state index contributed by atoms with van der Waals surface area (Å²) >= 11 is 1.14. The van der Waals surface area contributed by atoms with Crippen molar-refractivity contribution in [2.45, 2.75) is 17.7 Å². The van der Waals surface area contributed by atoms with Crippen LogP contribution in [0.15, 0.2) is 58.2 Å². The van der Waals surface area contributed by atoms with Crippen molar-refractivity contribution < 1.29 is 18.7 Å². The molecule has 29 heavy (non-hydrogen) atoms. The lowest BCUT2D eigenvalue weighted by molar-refractivity contribution is -0.113. The normalized spacial score (nSPS) is 14.8. The van der Waals surface area contributed by atoms with Crippen LogP contribution in [0.4, 0.5) is 5.69 Å². The van der Waals surface area contributed by atoms with Gasteiger partial charge in [0.1, 0.15) is 6.61 Å². The minimum atomic E-state index is -0.493. The third kappa shape index (κ3) is 4.67. The van der Waals surface area contributed by atoms with Gasteiger partial charge in [-0.1, -0.05) is 36.0 Å². The lowest BCUT2D eigenvalue weighted by Gasteiger charge is -2.23. The zero-order valence-electron chi connectivity index (χ0n) is 15.2. The summed E-state index contributed by atoms with van der Waals surface area (Å²) in [5.74, 6) is 1.52. The van der Waals surface area contributed by atoms with Crippen molar-refractivity contribution in [3.63, 3.8) is 0 Å². The van der Waals surface area contributed by atoms with Gasteiger partial charge in [-0.2, -0.15) is 5.26 Å². The number of nitrogens with one attached hydrogen (secondary N) is 1. The first-order chi connectivity index (χ1) is 14.2. The van der Waals surface area contributed by atoms with Crippen LogP contribution in [-0.4, -0.2) is 28.5 Å². The van der Waals surface area contributed by atoms with Gasteiger partial charge in [-0.05, 0) is 29.8 Å². The van der Waals surface area contributed by atoms with E-state index in [0.717, 1.165) is 17.3 Å². The van der Waals surface area contributed by atoms with Crippen LogP contribution in [-0.2, 0) is 11.2 Å². The fraction of sp³-hybridized carbons (Fsp3) is 0.200. The third-order valence-corrected chi connectivity index (χ3v) is 4.87. The number of hydrogen-bond acceptors (Lipinski definition) is 8. The Hall–Kier alpha value is -3.51. The van der Waals surface area contributed by atoms with Crippen LogP contribution in [0.2, 0.25) is 0 Å². The summed E-state index contributed by atoms with van der Waals surface area (Å²) < 4.78 is 17.1. The van der Waals surface area contributed by atoms with Crippen LogP contribution >= 0.6 is 11.8 Å². The summed E-state index contributed by atoms with van der Waals surface area (Å²) in [4.78, 5) is 12.1. The van der Waals surface area contributed by atoms with Crippen molar-refractivity contribution >= 4 is 23.4 Å². The Balaban J connectivity index is 1.29. The van der Waals surface area contributed by atoms with Gasteiger partial charge in [0, 0.05) is 5.69 Å². The summed E-state index contributed by atoms with van der Waals surface area (Å²) in [7, 11) is 0. The molecule has 0 radical (unpaired) electrons. The van der Waals surface area contributed by atoms with Crippen LogP contribution in [0.25, 0.3) is 0 Å². The maximum atomic E-state index is 12.1. The first-order valence-electron chi connectivity index (χ1n) is 8.81. The molecule has 2 heterocycles. The van der Waals surface area contributed by atoms with E-state index in [1.54, 1.807) is 24.3 Å². The fourth-order valence-electron chi connectivity index (χ4n) is 2.67. The number of nitrogens with zero attached hydrogens (tertiary/aromatic N) is 3. The quantitative estimate of drug-likeness (QED) is 0.618. The number of carbonyl (C=O) groups excluding carboxylic acids is 1. The van der Waals surface area contributed by atoms with Gasteiger partial charge in [0.25, 0.3) is 11.1 Å². The summed E-state index contributed by atoms with van der Waals surface area (Å²) in [5, 5.41) is 19.7. The molecule has 8 nitrogen and oxygen atoms in total. The van der Waals surface area contributed by atoms with E-state index >= 15 is 0 Å². The molecule has 0 spiro atoms. The molecule has 1 atom stereocenters. The first kappa shape index (κ1) is 18.8. The first-order valence-corrected chi connectivity index (χ1v) is 9.80. The van der Waals surface area contributed by atoms with Gasteiger partial charge < -0.3 is 19.2 Å². The number of nitriles is 1. The number of benzene rings is 2. The number of ether oxygens (including phenoxy) is 2. The van der Waals surface area contributed by atoms with Crippen molar-refractivity contribution in [3.8, 4) is 17.6 Å². The Labute approximate surface area is 170 Å². The summed E-state index contributed by atoms with van der Waals surface area (Å²) in [6.07, 6.45) is -0.155. The van der Waals surface area contributed by atoms with E-state index in [2.05, 4.69) is 21.6 Å². The molecular formula is C20H16N4O4S. The van der Waals surface area contributed by atoms with Crippen LogP contribution in [0.5, 0.6) is 11.5 Å². The predicted octanol–water partition coefficient (Wildman–Crippen LogP) is 3.38. The van der Waals surface area contributed by atoms with Gasteiger partial charge in [0.2, 0.25) is 12.0 Å². The molecule has 0 aliphatic carbocycles. The van der Waals surface area contributed by atoms with Gasteiger partial charge in [-0.3, -0.25) is 4.79 Å². The maximum absolute atomic E-state index is 12.1. The van der Waals surface area contributed by atoms with E-state index in [1.165, 1.54) is 0 Å². The van der Waals surface area contributed by atoms with E-state index in [0.29, 0.717) is 29.5 Å². The molecule has 3 aromatic rings. The van der Waals surface area contributed by atoms with Crippen molar-refractivity contribution in [1.82, 2.24) is 10.2 Å². The number of hydrogen-bond donors (Lipinski definition) is 1. The minimum Gasteiger partial charge on any atom is -0.485 e. The number of anilines is 1. The standard InChI is InChI=1S/C20H16N4O4S/c21-10-9-13-5-7-14(8-6-13)22-18(25)12-29-20-24-23-19(28-20)17-11-26-15-3-1-2-4-16(15)27-17/h1-8,17H,9,11-12H2,(H,22,25)/t17-/m0/s1. The number of carbonyl (C=O) groups is 1. The maximum Gasteiger partial charge on any atom is 0.277 e. The molecule has 1 amide bonds. The van der Waals surface area contributed by atoms with Gasteiger partial charge in [0.05, 0.1) is 18.2 Å². The highest BCUT2D eigenvalue weighted by atomic mass is 32.2. The Morgan fingerprint density at radius 1 is 1.17 bits per heavy atom. The van der Waals surface area contributed by atoms with E-state index in [4.69, 9.17) is 19.2 Å². The molecular weight excluding hydrogens is 392 g/mol. The topological polar surface area (TPSA) is 110 Å². The van der Waals surface area contributed by atoms with Gasteiger partial charge in [0.15, 0.2) is 11.5 Å². The number of rotatable bonds is 6. The molecule has 146 valence electrons. The smallest absolute Gasteiger partial charge is 0.277 e. The average Bonchev–Trinajstić information content (AvgIpc) is 3.23. The lowest BCUT2D eigenvalue weighted by Crippen LogP contribution is -2.21. The number of aromatic nitrogens is 2. The Bertz CT molecular complexity index is 1050. The molecule has 4 rings (SSSR count). The van der Waals surface area contributed by atoms with E-state index in [1.807, 2.05) is 24.3 Å². The van der Waals surface area contributed by atoms with Gasteiger partial charge in [-0.15, -0.1) is 10.2 Å². The van der Waals surface area contributed by atoms with Crippen molar-refractivity contribution in [2.75, 3.05) is 17.7 Å². The third-order valence-electron chi connectivity index (χ3n) is 4.05. The van der Waals surface area contributed by atoms with Crippen LogP contribution < -0.4 is 14.8 Å². The molecule has 9 heteroatoms. The number of para-hydroxylation sites is 2. The lowest BCUT2D eigenvalue weighted by atomic mass is 10.1. The molecule has 0 saturated carbocycles. The Morgan fingerprint density at radius 3 is 2.76 bits per heavy atom. The number of thioether (sulfide) groups is 1. The summed E-state index contributed by atoms with van der Waals surface area (Å²) in [6, 6.07) is 16.6. The predicted molar refractivity (Wildman–Crippen MR) is 105 cm³/mol. The number of fused-ring (bicyclic) bond motifs is 1. The summed E-state index contributed by atoms with van der Waals surface area (Å²) in [5.41, 5.74) is 1.56. The van der Waals surface area contributed by atoms with Crippen LogP contribution in [0.1, 0.15) is 17.6 Å². The zero-order chi connectivity index (χ0) is 20.1. The second kappa shape index (κ2) is 8.67. The fourth-order valence-corrected chi connectivity index (χ4v) is 3.24. The molecule has 1 aliphatic heterocycles. The molecule has 1 aliphatic rings. The number of amides is 1. The zero-order valence-corrected chi connectivity index (χ0v) is 16.0. The highest BCUT2D eigenvalue weighted by molar-refractivity contribution is 7.99. The molecule has 1 aromatic heterocycles. The Kier molecular flexibility index (Phi) is 5.63. The molecule has 0 saturated heterocycles. The molecule has 1 N–H and O–H groups in total. The van der Waals surface area contributed by atoms with Crippen molar-refractivity contribution in [2.24, 2.45) is 0 Å². The molecule has 0 fully saturated rings. The van der Waals surface area contributed by atoms with Gasteiger partial charge in [-0.25, -0.2) is 0 Å². The monoisotopic (exact) mass is 408 g/mol. The second-order valence-electron chi connectivity index (χ2n) is 6.14. The average molecular weight is 408 g/mol. The highest BCUT2D eigenvalue weighted by Crippen LogP contribution is 2.35. The highest BCUT2D eigenvalue weighted by Gasteiger charge is 2.27. The van der Waals surface area contributed by atoms with E-state index < -0.39 is 6.10 Å². The van der Waals surface area contributed by atoms with Crippen LogP contribution in [0, 0.1) is 11.3 Å². The minimum absolute atomic E-state index is 0.117. The SMILES string of the molecule is N#CCc1ccc(NC(=O)CSc2nnc([C@@H]3COc4ccccc4O3)o2)cc1. The van der Waals surface area contributed by atoms with Crippen LogP contribution in [0.3, 0.4) is 0 Å². The molecule has 0 unspecified atom stereocenters. The van der Waals surface area contributed by atoms with Crippen molar-refractivity contribution in [3.05, 3.63) is 60.0 Å². The summed E-state index contributed by atoms with van der Waals surface area (Å²) in [6.45, 7) is 0.269. The van der Waals surface area contributed by atoms with E-state index in [9.17, 15) is 4.79 Å². The largest absolute Gasteiger partial charge is 0.485 e. The molecule has 0 bridgehead atoms. The Morgan fingerprint density at radius 2 is 1.97 bits per heavy atom. The molecule has 2 aromatic carbocycles. The van der Waals surface area contributed by atoms with E-state index in [-0.39, 0.29) is 23.5 Å². The van der Waals surface area contributed by atoms with Crippen molar-refractivity contribution in [1.29, 1.82) is 5.26 Å². The second-order valence-corrected chi connectivity index (χ2v) is 7.07.